The van der Waals surface area contributed by atoms with E-state index in [9.17, 15) is 0 Å². The molecule has 7 nitrogen and oxygen atoms in total. The van der Waals surface area contributed by atoms with E-state index in [1.165, 1.54) is 5.56 Å². The number of aryl methyl sites for hydroxylation is 1. The Morgan fingerprint density at radius 2 is 1.79 bits per heavy atom. The molecule has 0 saturated carbocycles. The van der Waals surface area contributed by atoms with Gasteiger partial charge in [-0.2, -0.15) is 5.10 Å². The minimum Gasteiger partial charge on any atom is -0.358 e. The Labute approximate surface area is 252 Å². The van der Waals surface area contributed by atoms with Gasteiger partial charge in [-0.25, -0.2) is 0 Å². The van der Waals surface area contributed by atoms with Gasteiger partial charge in [-0.1, -0.05) is 75.6 Å². The lowest BCUT2D eigenvalue weighted by molar-refractivity contribution is 1.11. The number of anilines is 1. The van der Waals surface area contributed by atoms with Crippen molar-refractivity contribution in [3.63, 3.8) is 0 Å². The molecule has 1 aromatic carbocycles. The first-order valence-electron chi connectivity index (χ1n) is 14.3. The number of rotatable bonds is 9. The number of nitrogens with zero attached hydrogens (tertiary/aromatic N) is 4. The maximum Gasteiger partial charge on any atom is 0.116 e. The van der Waals surface area contributed by atoms with E-state index in [1.807, 2.05) is 81.0 Å². The van der Waals surface area contributed by atoms with E-state index >= 15 is 0 Å². The third kappa shape index (κ3) is 6.52. The Balaban J connectivity index is 0.00000180. The maximum atomic E-state index is 4.69. The molecule has 0 fully saturated rings. The molecule has 43 heavy (non-hydrogen) atoms. The molecule has 214 valence electrons. The highest BCUT2D eigenvalue weighted by molar-refractivity contribution is 5.95. The number of fused-ring (bicyclic) bond motifs is 1. The van der Waals surface area contributed by atoms with Crippen LogP contribution in [0.3, 0.4) is 0 Å². The summed E-state index contributed by atoms with van der Waals surface area (Å²) >= 11 is 0. The Morgan fingerprint density at radius 3 is 2.56 bits per heavy atom. The molecule has 0 aliphatic carbocycles. The number of hydrogen-bond acceptors (Lipinski definition) is 5. The quantitative estimate of drug-likeness (QED) is 0.153. The zero-order chi connectivity index (χ0) is 30.2. The van der Waals surface area contributed by atoms with Crippen molar-refractivity contribution in [2.45, 2.75) is 27.2 Å². The van der Waals surface area contributed by atoms with Crippen LogP contribution in [-0.2, 0) is 6.42 Å². The van der Waals surface area contributed by atoms with Gasteiger partial charge in [0.1, 0.15) is 5.69 Å². The van der Waals surface area contributed by atoms with Crippen LogP contribution in [0.2, 0.25) is 0 Å². The van der Waals surface area contributed by atoms with E-state index in [0.29, 0.717) is 0 Å². The first kappa shape index (κ1) is 29.0. The van der Waals surface area contributed by atoms with E-state index < -0.39 is 0 Å². The number of hydrogen-bond donors (Lipinski definition) is 3. The van der Waals surface area contributed by atoms with Gasteiger partial charge in [0.2, 0.25) is 0 Å². The second-order valence-corrected chi connectivity index (χ2v) is 9.82. The molecule has 0 bridgehead atoms. The fraction of sp³-hybridized carbons (Fsp3) is 0.111. The highest BCUT2D eigenvalue weighted by atomic mass is 15.1. The highest BCUT2D eigenvalue weighted by Crippen LogP contribution is 2.34. The summed E-state index contributed by atoms with van der Waals surface area (Å²) in [6.07, 6.45) is 13.6. The van der Waals surface area contributed by atoms with Gasteiger partial charge < -0.3 is 10.3 Å². The number of nitrogens with one attached hydrogen (secondary N) is 3. The molecular weight excluding hydrogens is 530 g/mol. The van der Waals surface area contributed by atoms with E-state index in [-0.39, 0.29) is 0 Å². The second kappa shape index (κ2) is 13.4. The molecule has 7 heteroatoms. The predicted octanol–water partition coefficient (Wildman–Crippen LogP) is 8.53. The van der Waals surface area contributed by atoms with Crippen LogP contribution in [-0.4, -0.2) is 30.1 Å². The third-order valence-electron chi connectivity index (χ3n) is 6.88. The van der Waals surface area contributed by atoms with Gasteiger partial charge in [-0.3, -0.25) is 20.1 Å². The van der Waals surface area contributed by atoms with Gasteiger partial charge in [-0.15, -0.1) is 0 Å². The van der Waals surface area contributed by atoms with E-state index in [0.717, 1.165) is 73.7 Å². The van der Waals surface area contributed by atoms with Crippen molar-refractivity contribution >= 4 is 22.2 Å². The summed E-state index contributed by atoms with van der Waals surface area (Å²) in [6, 6.07) is 20.4. The van der Waals surface area contributed by atoms with Crippen LogP contribution in [0.1, 0.15) is 36.2 Å². The standard InChI is InChI=1S/C34H29N7.C2H6/c1-4-9-28(25-12-8-13-35-18-25)29-16-32(39-23(29)3)34-30-17-31(37-21-33(30)40-41-34)26-15-27(20-36-19-26)38-22(2)14-24-10-6-5-7-11-24;1-2/h4-13,15-21,38-39H,1-2,14H2,3H3,(H,40,41);1-2H3/b28-9-;. The molecule has 5 heterocycles. The molecule has 0 atom stereocenters. The molecule has 0 amide bonds. The van der Waals surface area contributed by atoms with Gasteiger partial charge in [-0.05, 0) is 42.3 Å². The van der Waals surface area contributed by atoms with Crippen LogP contribution in [0.25, 0.3) is 39.1 Å². The highest BCUT2D eigenvalue weighted by Gasteiger charge is 2.17. The lowest BCUT2D eigenvalue weighted by atomic mass is 9.99. The number of H-pyrrole nitrogens is 2. The Bertz CT molecular complexity index is 1880. The van der Waals surface area contributed by atoms with Crippen molar-refractivity contribution < 1.29 is 0 Å². The summed E-state index contributed by atoms with van der Waals surface area (Å²) in [5.41, 5.74) is 11.4. The summed E-state index contributed by atoms with van der Waals surface area (Å²) < 4.78 is 0. The topological polar surface area (TPSA) is 95.2 Å². The van der Waals surface area contributed by atoms with Crippen molar-refractivity contribution in [3.05, 3.63) is 145 Å². The lowest BCUT2D eigenvalue weighted by Gasteiger charge is -2.11. The van der Waals surface area contributed by atoms with Gasteiger partial charge in [0, 0.05) is 58.5 Å². The van der Waals surface area contributed by atoms with Gasteiger partial charge >= 0.3 is 0 Å². The smallest absolute Gasteiger partial charge is 0.116 e. The molecule has 0 aliphatic rings. The number of benzene rings is 1. The molecule has 0 aliphatic heterocycles. The molecule has 0 spiro atoms. The van der Waals surface area contributed by atoms with Crippen LogP contribution in [0.15, 0.2) is 123 Å². The van der Waals surface area contributed by atoms with Crippen molar-refractivity contribution in [3.8, 4) is 22.6 Å². The van der Waals surface area contributed by atoms with Crippen molar-refractivity contribution in [1.29, 1.82) is 0 Å². The van der Waals surface area contributed by atoms with Crippen LogP contribution < -0.4 is 5.32 Å². The fourth-order valence-corrected chi connectivity index (χ4v) is 4.97. The lowest BCUT2D eigenvalue weighted by Crippen LogP contribution is -2.02. The van der Waals surface area contributed by atoms with Crippen molar-refractivity contribution in [1.82, 2.24) is 30.1 Å². The molecule has 5 aromatic heterocycles. The zero-order valence-electron chi connectivity index (χ0n) is 24.7. The maximum absolute atomic E-state index is 4.69. The Hall–Kier alpha value is -5.56. The minimum atomic E-state index is 0.732. The van der Waals surface area contributed by atoms with Crippen LogP contribution >= 0.6 is 0 Å². The first-order chi connectivity index (χ1) is 21.1. The van der Waals surface area contributed by atoms with Gasteiger partial charge in [0.25, 0.3) is 0 Å². The van der Waals surface area contributed by atoms with E-state index in [2.05, 4.69) is 73.7 Å². The average molecular weight is 566 g/mol. The normalized spacial score (nSPS) is 11.1. The summed E-state index contributed by atoms with van der Waals surface area (Å²) in [5.74, 6) is 0. The van der Waals surface area contributed by atoms with Gasteiger partial charge in [0.15, 0.2) is 0 Å². The largest absolute Gasteiger partial charge is 0.358 e. The Kier molecular flexibility index (Phi) is 9.02. The van der Waals surface area contributed by atoms with Crippen molar-refractivity contribution in [2.75, 3.05) is 5.32 Å². The summed E-state index contributed by atoms with van der Waals surface area (Å²) in [7, 11) is 0. The summed E-state index contributed by atoms with van der Waals surface area (Å²) in [4.78, 5) is 17.0. The van der Waals surface area contributed by atoms with Crippen LogP contribution in [0, 0.1) is 6.92 Å². The minimum absolute atomic E-state index is 0.732. The molecule has 6 aromatic rings. The molecule has 3 N–H and O–H groups in total. The first-order valence-corrected chi connectivity index (χ1v) is 14.3. The number of pyridine rings is 3. The third-order valence-corrected chi connectivity index (χ3v) is 6.88. The zero-order valence-corrected chi connectivity index (χ0v) is 24.7. The average Bonchev–Trinajstić information content (AvgIpc) is 3.64. The molecule has 0 unspecified atom stereocenters. The van der Waals surface area contributed by atoms with Crippen LogP contribution in [0.5, 0.6) is 0 Å². The monoisotopic (exact) mass is 565 g/mol. The van der Waals surface area contributed by atoms with Gasteiger partial charge in [0.05, 0.1) is 35.0 Å². The molecule has 0 radical (unpaired) electrons. The van der Waals surface area contributed by atoms with E-state index in [4.69, 9.17) is 0 Å². The number of aromatic amines is 2. The summed E-state index contributed by atoms with van der Waals surface area (Å²) in [6.45, 7) is 14.2. The fourth-order valence-electron chi connectivity index (χ4n) is 4.97. The summed E-state index contributed by atoms with van der Waals surface area (Å²) in [5, 5.41) is 12.1. The van der Waals surface area contributed by atoms with Crippen LogP contribution in [0.4, 0.5) is 5.69 Å². The SMILES string of the molecule is C=C/C=C(/c1cccnc1)c1cc(-c2n[nH]c3cnc(-c4cncc(NC(=C)Cc5ccccc5)c4)cc23)[nH]c1C.CC. The predicted molar refractivity (Wildman–Crippen MR) is 177 cm³/mol. The van der Waals surface area contributed by atoms with Crippen molar-refractivity contribution in [2.24, 2.45) is 0 Å². The number of aromatic nitrogens is 6. The molecule has 0 saturated heterocycles. The Morgan fingerprint density at radius 1 is 0.953 bits per heavy atom. The number of allylic oxidation sites excluding steroid dienone is 3. The molecule has 6 rings (SSSR count). The molecular formula is C36H35N7. The second-order valence-electron chi connectivity index (χ2n) is 9.82. The van der Waals surface area contributed by atoms with E-state index in [1.54, 1.807) is 18.5 Å².